The molecule has 0 radical (unpaired) electrons. The van der Waals surface area contributed by atoms with Gasteiger partial charge < -0.3 is 9.64 Å². The zero-order chi connectivity index (χ0) is 17.0. The van der Waals surface area contributed by atoms with Crippen molar-refractivity contribution in [3.8, 4) is 0 Å². The third kappa shape index (κ3) is 4.63. The highest BCUT2D eigenvalue weighted by Crippen LogP contribution is 2.20. The van der Waals surface area contributed by atoms with Crippen LogP contribution in [0.4, 0.5) is 0 Å². The van der Waals surface area contributed by atoms with Crippen molar-refractivity contribution in [1.82, 2.24) is 18.4 Å². The topological polar surface area (TPSA) is 73.4 Å². The third-order valence-electron chi connectivity index (χ3n) is 4.52. The molecule has 2 aliphatic heterocycles. The number of morpholine rings is 1. The summed E-state index contributed by atoms with van der Waals surface area (Å²) in [6.45, 7) is 7.08. The Balaban J connectivity index is 1.92. The molecule has 1 unspecified atom stereocenters. The van der Waals surface area contributed by atoms with E-state index in [2.05, 4.69) is 4.90 Å². The van der Waals surface area contributed by atoms with Crippen LogP contribution in [0.25, 0.3) is 0 Å². The molecule has 2 rings (SSSR count). The van der Waals surface area contributed by atoms with Gasteiger partial charge in [0.15, 0.2) is 0 Å². The van der Waals surface area contributed by atoms with E-state index in [9.17, 15) is 13.2 Å². The first-order chi connectivity index (χ1) is 10.8. The Hall–Kier alpha value is -0.740. The first-order valence-electron chi connectivity index (χ1n) is 8.07. The molecule has 2 aliphatic rings. The summed E-state index contributed by atoms with van der Waals surface area (Å²) in [5.74, 6) is 0.00682. The second-order valence-electron chi connectivity index (χ2n) is 6.26. The van der Waals surface area contributed by atoms with E-state index < -0.39 is 10.2 Å². The Kier molecular flexibility index (Phi) is 6.38. The average molecular weight is 348 g/mol. The lowest BCUT2D eigenvalue weighted by atomic mass is 10.2. The van der Waals surface area contributed by atoms with Crippen molar-refractivity contribution in [3.05, 3.63) is 0 Å². The first-order valence-corrected chi connectivity index (χ1v) is 9.47. The summed E-state index contributed by atoms with van der Waals surface area (Å²) < 4.78 is 32.4. The van der Waals surface area contributed by atoms with Gasteiger partial charge in [-0.2, -0.15) is 17.0 Å². The summed E-state index contributed by atoms with van der Waals surface area (Å²) in [5.41, 5.74) is 0. The summed E-state index contributed by atoms with van der Waals surface area (Å²) in [6, 6.07) is -0.0386. The fraction of sp³-hybridized carbons (Fsp3) is 0.929. The Morgan fingerprint density at radius 3 is 2.43 bits per heavy atom. The molecule has 0 aromatic carbocycles. The van der Waals surface area contributed by atoms with Crippen LogP contribution in [0.2, 0.25) is 0 Å². The number of carbonyl (C=O) groups is 1. The molecule has 134 valence electrons. The monoisotopic (exact) mass is 348 g/mol. The number of amides is 1. The predicted octanol–water partition coefficient (Wildman–Crippen LogP) is -0.952. The Bertz CT molecular complexity index is 505. The van der Waals surface area contributed by atoms with Gasteiger partial charge in [-0.05, 0) is 6.42 Å². The van der Waals surface area contributed by atoms with Gasteiger partial charge >= 0.3 is 0 Å². The largest absolute Gasteiger partial charge is 0.379 e. The van der Waals surface area contributed by atoms with E-state index in [0.717, 1.165) is 32.8 Å². The maximum absolute atomic E-state index is 12.2. The summed E-state index contributed by atoms with van der Waals surface area (Å²) in [4.78, 5) is 16.1. The van der Waals surface area contributed by atoms with Crippen LogP contribution in [0, 0.1) is 0 Å². The minimum absolute atomic E-state index is 0.00682. The maximum Gasteiger partial charge on any atom is 0.281 e. The van der Waals surface area contributed by atoms with E-state index in [1.807, 2.05) is 4.90 Å². The molecule has 23 heavy (non-hydrogen) atoms. The van der Waals surface area contributed by atoms with Crippen molar-refractivity contribution in [2.24, 2.45) is 0 Å². The molecule has 0 bridgehead atoms. The molecule has 1 amide bonds. The van der Waals surface area contributed by atoms with Gasteiger partial charge in [0.1, 0.15) is 0 Å². The number of nitrogens with zero attached hydrogens (tertiary/aromatic N) is 4. The molecule has 0 aromatic heterocycles. The summed E-state index contributed by atoms with van der Waals surface area (Å²) in [6.07, 6.45) is 0.690. The molecule has 2 saturated heterocycles. The zero-order valence-corrected chi connectivity index (χ0v) is 15.1. The number of ether oxygens (including phenoxy) is 1. The lowest BCUT2D eigenvalue weighted by Gasteiger charge is -2.32. The molecule has 0 aromatic rings. The van der Waals surface area contributed by atoms with E-state index in [1.165, 1.54) is 22.7 Å². The molecular weight excluding hydrogens is 320 g/mol. The molecular formula is C14H28N4O4S. The van der Waals surface area contributed by atoms with Crippen LogP contribution in [0.1, 0.15) is 13.3 Å². The SMILES string of the molecule is CC(=O)N(CCN1CCOCC1)C1CCN(S(=O)(=O)N(C)C)C1. The van der Waals surface area contributed by atoms with E-state index in [1.54, 1.807) is 6.92 Å². The van der Waals surface area contributed by atoms with Crippen LogP contribution < -0.4 is 0 Å². The number of carbonyl (C=O) groups excluding carboxylic acids is 1. The van der Waals surface area contributed by atoms with Crippen molar-refractivity contribution >= 4 is 16.1 Å². The van der Waals surface area contributed by atoms with Gasteiger partial charge in [-0.3, -0.25) is 9.69 Å². The van der Waals surface area contributed by atoms with E-state index in [4.69, 9.17) is 4.74 Å². The van der Waals surface area contributed by atoms with Gasteiger partial charge in [0.25, 0.3) is 10.2 Å². The maximum atomic E-state index is 12.2. The lowest BCUT2D eigenvalue weighted by molar-refractivity contribution is -0.131. The van der Waals surface area contributed by atoms with Crippen molar-refractivity contribution in [2.75, 3.05) is 66.6 Å². The van der Waals surface area contributed by atoms with Crippen LogP contribution in [-0.4, -0.2) is 105 Å². The van der Waals surface area contributed by atoms with Gasteiger partial charge in [0.2, 0.25) is 5.91 Å². The van der Waals surface area contributed by atoms with Gasteiger partial charge in [0.05, 0.1) is 13.2 Å². The highest BCUT2D eigenvalue weighted by molar-refractivity contribution is 7.86. The molecule has 0 aliphatic carbocycles. The molecule has 0 N–H and O–H groups in total. The van der Waals surface area contributed by atoms with Gasteiger partial charge in [-0.1, -0.05) is 0 Å². The Labute approximate surface area is 139 Å². The van der Waals surface area contributed by atoms with Crippen LogP contribution in [0.5, 0.6) is 0 Å². The molecule has 2 fully saturated rings. The molecule has 0 saturated carbocycles. The quantitative estimate of drug-likeness (QED) is 0.619. The highest BCUT2D eigenvalue weighted by Gasteiger charge is 2.36. The fourth-order valence-electron chi connectivity index (χ4n) is 3.08. The zero-order valence-electron chi connectivity index (χ0n) is 14.3. The van der Waals surface area contributed by atoms with Gasteiger partial charge in [-0.15, -0.1) is 0 Å². The predicted molar refractivity (Wildman–Crippen MR) is 87.2 cm³/mol. The second kappa shape index (κ2) is 7.89. The third-order valence-corrected chi connectivity index (χ3v) is 6.43. The van der Waals surface area contributed by atoms with Crippen molar-refractivity contribution in [3.63, 3.8) is 0 Å². The fourth-order valence-corrected chi connectivity index (χ4v) is 4.24. The van der Waals surface area contributed by atoms with Crippen molar-refractivity contribution < 1.29 is 17.9 Å². The summed E-state index contributed by atoms with van der Waals surface area (Å²) in [5, 5.41) is 0. The molecule has 9 heteroatoms. The summed E-state index contributed by atoms with van der Waals surface area (Å²) >= 11 is 0. The molecule has 1 atom stereocenters. The second-order valence-corrected chi connectivity index (χ2v) is 8.40. The minimum atomic E-state index is -3.40. The Morgan fingerprint density at radius 1 is 1.22 bits per heavy atom. The number of hydrogen-bond acceptors (Lipinski definition) is 5. The smallest absolute Gasteiger partial charge is 0.281 e. The van der Waals surface area contributed by atoms with E-state index in [-0.39, 0.29) is 11.9 Å². The van der Waals surface area contributed by atoms with Gasteiger partial charge in [-0.25, -0.2) is 0 Å². The average Bonchev–Trinajstić information content (AvgIpc) is 2.98. The first kappa shape index (κ1) is 18.6. The van der Waals surface area contributed by atoms with Crippen molar-refractivity contribution in [2.45, 2.75) is 19.4 Å². The minimum Gasteiger partial charge on any atom is -0.379 e. The molecule has 2 heterocycles. The normalized spacial score (nSPS) is 24.3. The standard InChI is InChI=1S/C14H28N4O4S/c1-13(19)18(7-6-16-8-10-22-11-9-16)14-4-5-17(12-14)23(20,21)15(2)3/h14H,4-12H2,1-3H3. The lowest BCUT2D eigenvalue weighted by Crippen LogP contribution is -2.47. The number of rotatable bonds is 6. The highest BCUT2D eigenvalue weighted by atomic mass is 32.2. The van der Waals surface area contributed by atoms with E-state index in [0.29, 0.717) is 26.1 Å². The molecule has 0 spiro atoms. The van der Waals surface area contributed by atoms with Crippen LogP contribution in [0.3, 0.4) is 0 Å². The van der Waals surface area contributed by atoms with E-state index >= 15 is 0 Å². The molecule has 8 nitrogen and oxygen atoms in total. The van der Waals surface area contributed by atoms with Crippen LogP contribution >= 0.6 is 0 Å². The summed E-state index contributed by atoms with van der Waals surface area (Å²) in [7, 11) is -0.339. The van der Waals surface area contributed by atoms with Crippen LogP contribution in [-0.2, 0) is 19.7 Å². The van der Waals surface area contributed by atoms with Crippen LogP contribution in [0.15, 0.2) is 0 Å². The number of hydrogen-bond donors (Lipinski definition) is 0. The van der Waals surface area contributed by atoms with Gasteiger partial charge in [0, 0.05) is 66.3 Å². The Morgan fingerprint density at radius 2 is 1.87 bits per heavy atom. The van der Waals surface area contributed by atoms with Crippen molar-refractivity contribution in [1.29, 1.82) is 0 Å².